The summed E-state index contributed by atoms with van der Waals surface area (Å²) in [6.07, 6.45) is 27.4. The van der Waals surface area contributed by atoms with Gasteiger partial charge < -0.3 is 9.47 Å². The largest absolute Gasteiger partial charge is 0.462 e. The van der Waals surface area contributed by atoms with Gasteiger partial charge in [-0.15, -0.1) is 0 Å². The lowest BCUT2D eigenvalue weighted by Gasteiger charge is -2.73. The van der Waals surface area contributed by atoms with E-state index in [1.54, 1.807) is 0 Å². The topological polar surface area (TPSA) is 52.6 Å². The summed E-state index contributed by atoms with van der Waals surface area (Å²) in [4.78, 5) is 25.6. The van der Waals surface area contributed by atoms with Crippen molar-refractivity contribution >= 4 is 11.9 Å². The van der Waals surface area contributed by atoms with Crippen molar-refractivity contribution in [2.24, 2.45) is 56.7 Å². The monoisotopic (exact) mass is 723 g/mol. The van der Waals surface area contributed by atoms with E-state index in [0.717, 1.165) is 43.9 Å². The quantitative estimate of drug-likeness (QED) is 0.0852. The fourth-order valence-corrected chi connectivity index (χ4v) is 14.5. The Morgan fingerprint density at radius 1 is 0.692 bits per heavy atom. The molecule has 0 aromatic heterocycles. The number of fused-ring (bicyclic) bond motifs is 7. The highest BCUT2D eigenvalue weighted by Crippen LogP contribution is 2.77. The van der Waals surface area contributed by atoms with Crippen molar-refractivity contribution < 1.29 is 19.1 Å². The third-order valence-electron chi connectivity index (χ3n) is 17.6. The molecule has 5 saturated carbocycles. The zero-order valence-electron chi connectivity index (χ0n) is 35.6. The number of unbranched alkanes of at least 4 members (excludes halogenated alkanes) is 10. The third kappa shape index (κ3) is 8.13. The van der Waals surface area contributed by atoms with Crippen LogP contribution < -0.4 is 0 Å². The van der Waals surface area contributed by atoms with Gasteiger partial charge in [-0.1, -0.05) is 125 Å². The van der Waals surface area contributed by atoms with Gasteiger partial charge in [0.15, 0.2) is 0 Å². The molecule has 298 valence electrons. The van der Waals surface area contributed by atoms with Gasteiger partial charge >= 0.3 is 11.9 Å². The van der Waals surface area contributed by atoms with E-state index in [0.29, 0.717) is 34.0 Å². The van der Waals surface area contributed by atoms with Crippen molar-refractivity contribution in [2.75, 3.05) is 0 Å². The maximum absolute atomic E-state index is 13.6. The molecular formula is C48H82O4. The van der Waals surface area contributed by atoms with E-state index in [-0.39, 0.29) is 41.4 Å². The van der Waals surface area contributed by atoms with Crippen molar-refractivity contribution in [3.05, 3.63) is 12.2 Å². The number of rotatable bonds is 17. The summed E-state index contributed by atoms with van der Waals surface area (Å²) >= 11 is 0. The molecule has 5 aliphatic rings. The second-order valence-corrected chi connectivity index (χ2v) is 20.9. The van der Waals surface area contributed by atoms with Crippen molar-refractivity contribution in [1.82, 2.24) is 0 Å². The lowest BCUT2D eigenvalue weighted by Crippen LogP contribution is -2.66. The molecule has 0 amide bonds. The molecule has 4 heteroatoms. The molecule has 5 rings (SSSR count). The Bertz CT molecular complexity index is 1240. The van der Waals surface area contributed by atoms with E-state index in [9.17, 15) is 9.59 Å². The van der Waals surface area contributed by atoms with Crippen LogP contribution in [0.3, 0.4) is 0 Å². The average Bonchev–Trinajstić information content (AvgIpc) is 3.43. The predicted octanol–water partition coefficient (Wildman–Crippen LogP) is 13.6. The first kappa shape index (κ1) is 41.8. The summed E-state index contributed by atoms with van der Waals surface area (Å²) in [6, 6.07) is 0. The zero-order chi connectivity index (χ0) is 38.0. The summed E-state index contributed by atoms with van der Waals surface area (Å²) in [6.45, 7) is 26.1. The summed E-state index contributed by atoms with van der Waals surface area (Å²) in [7, 11) is 0. The van der Waals surface area contributed by atoms with Gasteiger partial charge in [0, 0.05) is 12.3 Å². The van der Waals surface area contributed by atoms with Gasteiger partial charge in [-0.25, -0.2) is 0 Å². The fraction of sp³-hybridized carbons (Fsp3) is 0.917. The molecule has 0 heterocycles. The van der Waals surface area contributed by atoms with E-state index < -0.39 is 0 Å². The van der Waals surface area contributed by atoms with Crippen LogP contribution in [0.5, 0.6) is 0 Å². The van der Waals surface area contributed by atoms with E-state index in [1.807, 2.05) is 0 Å². The molecule has 0 N–H and O–H groups in total. The van der Waals surface area contributed by atoms with Gasteiger partial charge in [0.2, 0.25) is 0 Å². The number of allylic oxidation sites excluding steroid dienone is 1. The Balaban J connectivity index is 1.17. The third-order valence-corrected chi connectivity index (χ3v) is 17.6. The summed E-state index contributed by atoms with van der Waals surface area (Å²) in [5.74, 6) is 3.07. The molecule has 11 atom stereocenters. The SMILES string of the molecule is C=C(C)C1CC[C@]2(C)CC[C@]3(C)C(CCC4[C@@]5(C)CC[C@H](OC(=O)C[C@@H](CCCCCCCCCCCCC)OC(C)=O)C(C)(C)C5CC[C@]43C)C12. The molecule has 5 fully saturated rings. The minimum atomic E-state index is -0.381. The maximum Gasteiger partial charge on any atom is 0.309 e. The summed E-state index contributed by atoms with van der Waals surface area (Å²) in [5, 5.41) is 0. The molecule has 4 nitrogen and oxygen atoms in total. The second kappa shape index (κ2) is 16.8. The van der Waals surface area contributed by atoms with Crippen LogP contribution in [-0.4, -0.2) is 24.1 Å². The number of esters is 2. The maximum atomic E-state index is 13.6. The highest BCUT2D eigenvalue weighted by Gasteiger charge is 2.70. The molecule has 0 aromatic carbocycles. The van der Waals surface area contributed by atoms with E-state index >= 15 is 0 Å². The zero-order valence-corrected chi connectivity index (χ0v) is 35.6. The lowest BCUT2D eigenvalue weighted by molar-refractivity contribution is -0.249. The predicted molar refractivity (Wildman–Crippen MR) is 216 cm³/mol. The van der Waals surface area contributed by atoms with Crippen LogP contribution in [-0.2, 0) is 19.1 Å². The van der Waals surface area contributed by atoms with Crippen molar-refractivity contribution in [3.8, 4) is 0 Å². The number of ether oxygens (including phenoxy) is 2. The van der Waals surface area contributed by atoms with Gasteiger partial charge in [-0.3, -0.25) is 9.59 Å². The minimum Gasteiger partial charge on any atom is -0.462 e. The van der Waals surface area contributed by atoms with Crippen LogP contribution >= 0.6 is 0 Å². The Hall–Kier alpha value is -1.32. The normalized spacial score (nSPS) is 39.7. The Labute approximate surface area is 321 Å². The molecule has 0 aliphatic heterocycles. The Morgan fingerprint density at radius 3 is 1.94 bits per heavy atom. The van der Waals surface area contributed by atoms with Crippen LogP contribution in [0.1, 0.15) is 210 Å². The molecule has 0 spiro atoms. The number of carbonyl (C=O) groups excluding carboxylic acids is 2. The smallest absolute Gasteiger partial charge is 0.309 e. The highest BCUT2D eigenvalue weighted by molar-refractivity contribution is 5.71. The fourth-order valence-electron chi connectivity index (χ4n) is 14.5. The van der Waals surface area contributed by atoms with Crippen LogP contribution in [0, 0.1) is 56.7 Å². The van der Waals surface area contributed by atoms with Crippen molar-refractivity contribution in [3.63, 3.8) is 0 Å². The van der Waals surface area contributed by atoms with E-state index in [4.69, 9.17) is 9.47 Å². The summed E-state index contributed by atoms with van der Waals surface area (Å²) in [5.41, 5.74) is 2.81. The molecular weight excluding hydrogens is 641 g/mol. The highest BCUT2D eigenvalue weighted by atomic mass is 16.6. The number of hydrogen-bond acceptors (Lipinski definition) is 4. The van der Waals surface area contributed by atoms with E-state index in [2.05, 4.69) is 62.0 Å². The minimum absolute atomic E-state index is 0.0838. The molecule has 0 bridgehead atoms. The van der Waals surface area contributed by atoms with Gasteiger partial charge in [0.25, 0.3) is 0 Å². The molecule has 52 heavy (non-hydrogen) atoms. The molecule has 5 unspecified atom stereocenters. The number of carbonyl (C=O) groups is 2. The first-order valence-electron chi connectivity index (χ1n) is 22.6. The average molecular weight is 723 g/mol. The van der Waals surface area contributed by atoms with Crippen molar-refractivity contribution in [1.29, 1.82) is 0 Å². The first-order chi connectivity index (χ1) is 24.5. The first-order valence-corrected chi connectivity index (χ1v) is 22.6. The molecule has 0 aromatic rings. The van der Waals surface area contributed by atoms with Gasteiger partial charge in [0.1, 0.15) is 12.2 Å². The van der Waals surface area contributed by atoms with Crippen LogP contribution in [0.15, 0.2) is 12.2 Å². The van der Waals surface area contributed by atoms with Crippen molar-refractivity contribution in [2.45, 2.75) is 222 Å². The van der Waals surface area contributed by atoms with Gasteiger partial charge in [0.05, 0.1) is 6.42 Å². The standard InChI is InChI=1S/C48H82O4/c1-11-12-13-14-15-16-17-18-19-20-21-22-36(51-35(4)49)33-42(50)52-41-27-29-46(8)39(44(41,5)6)26-30-48(10)40(46)24-23-38-43-37(34(2)3)25-28-45(43,7)31-32-47(38,48)9/h36-41,43H,2,11-33H2,1,3-10H3/t36-,37?,38?,39?,40?,41+,43?,45-,46+,47-,48-/m1/s1. The Morgan fingerprint density at radius 2 is 1.33 bits per heavy atom. The van der Waals surface area contributed by atoms with Crippen LogP contribution in [0.4, 0.5) is 0 Å². The number of hydrogen-bond donors (Lipinski definition) is 0. The Kier molecular flexibility index (Phi) is 13.5. The van der Waals surface area contributed by atoms with Gasteiger partial charge in [-0.2, -0.15) is 0 Å². The van der Waals surface area contributed by atoms with Gasteiger partial charge in [-0.05, 0) is 135 Å². The molecule has 0 saturated heterocycles. The molecule has 5 aliphatic carbocycles. The lowest BCUT2D eigenvalue weighted by atomic mass is 9.32. The second-order valence-electron chi connectivity index (χ2n) is 20.9. The van der Waals surface area contributed by atoms with Crippen LogP contribution in [0.2, 0.25) is 0 Å². The van der Waals surface area contributed by atoms with E-state index in [1.165, 1.54) is 122 Å². The van der Waals surface area contributed by atoms with Crippen LogP contribution in [0.25, 0.3) is 0 Å². The molecule has 0 radical (unpaired) electrons. The summed E-state index contributed by atoms with van der Waals surface area (Å²) < 4.78 is 12.1.